The van der Waals surface area contributed by atoms with E-state index in [0.29, 0.717) is 12.2 Å². The van der Waals surface area contributed by atoms with Crippen LogP contribution in [0.1, 0.15) is 55.8 Å². The summed E-state index contributed by atoms with van der Waals surface area (Å²) in [6.45, 7) is 10.3. The molecule has 124 valence electrons. The number of aromatic nitrogens is 1. The van der Waals surface area contributed by atoms with Crippen molar-refractivity contribution in [1.29, 1.82) is 0 Å². The van der Waals surface area contributed by atoms with E-state index in [-0.39, 0.29) is 17.4 Å². The van der Waals surface area contributed by atoms with Crippen LogP contribution in [-0.2, 0) is 11.2 Å². The fourth-order valence-electron chi connectivity index (χ4n) is 2.71. The van der Waals surface area contributed by atoms with Crippen molar-refractivity contribution < 1.29 is 9.32 Å². The molecule has 4 nitrogen and oxygen atoms in total. The average molecular weight is 314 g/mol. The molecule has 1 aromatic heterocycles. The van der Waals surface area contributed by atoms with Crippen LogP contribution in [0.2, 0.25) is 0 Å². The predicted octanol–water partition coefficient (Wildman–Crippen LogP) is 4.13. The highest BCUT2D eigenvalue weighted by Crippen LogP contribution is 2.29. The molecular weight excluding hydrogens is 288 g/mol. The zero-order valence-corrected chi connectivity index (χ0v) is 14.6. The van der Waals surface area contributed by atoms with Gasteiger partial charge in [-0.3, -0.25) is 4.79 Å². The van der Waals surface area contributed by atoms with Gasteiger partial charge in [0.1, 0.15) is 5.76 Å². The lowest BCUT2D eigenvalue weighted by Crippen LogP contribution is -2.32. The summed E-state index contributed by atoms with van der Waals surface area (Å²) in [6.07, 6.45) is 1.18. The number of carbonyl (C=O) groups is 1. The molecule has 2 rings (SSSR count). The molecule has 1 amide bonds. The summed E-state index contributed by atoms with van der Waals surface area (Å²) < 4.78 is 5.14. The molecule has 23 heavy (non-hydrogen) atoms. The molecule has 0 aliphatic carbocycles. The molecule has 0 saturated carbocycles. The third-order valence-corrected chi connectivity index (χ3v) is 3.87. The zero-order valence-electron chi connectivity index (χ0n) is 14.6. The highest BCUT2D eigenvalue weighted by molar-refractivity contribution is 5.79. The third-order valence-electron chi connectivity index (χ3n) is 3.87. The summed E-state index contributed by atoms with van der Waals surface area (Å²) in [7, 11) is 0. The number of nitrogens with one attached hydrogen (secondary N) is 1. The largest absolute Gasteiger partial charge is 0.361 e. The number of benzene rings is 1. The van der Waals surface area contributed by atoms with Crippen LogP contribution >= 0.6 is 0 Å². The normalized spacial score (nSPS) is 12.9. The highest BCUT2D eigenvalue weighted by Gasteiger charge is 2.23. The number of amides is 1. The van der Waals surface area contributed by atoms with Crippen molar-refractivity contribution in [3.05, 3.63) is 52.9 Å². The predicted molar refractivity (Wildman–Crippen MR) is 91.1 cm³/mol. The first-order chi connectivity index (χ1) is 10.8. The van der Waals surface area contributed by atoms with Gasteiger partial charge in [0.05, 0.1) is 18.2 Å². The molecule has 4 heteroatoms. The van der Waals surface area contributed by atoms with Gasteiger partial charge in [0.15, 0.2) is 0 Å². The maximum Gasteiger partial charge on any atom is 0.225 e. The van der Waals surface area contributed by atoms with E-state index >= 15 is 0 Å². The first kappa shape index (κ1) is 17.3. The summed E-state index contributed by atoms with van der Waals surface area (Å²) >= 11 is 0. The number of carbonyl (C=O) groups excluding carboxylic acids is 1. The van der Waals surface area contributed by atoms with E-state index in [4.69, 9.17) is 4.52 Å². The van der Waals surface area contributed by atoms with E-state index in [1.165, 1.54) is 0 Å². The van der Waals surface area contributed by atoms with Gasteiger partial charge in [0, 0.05) is 5.56 Å². The SMILES string of the molecule is Cc1noc(C)c1CC(=O)NC(CC(C)(C)C)c1ccccc1. The van der Waals surface area contributed by atoms with Crippen molar-refractivity contribution >= 4 is 5.91 Å². The van der Waals surface area contributed by atoms with E-state index < -0.39 is 0 Å². The Balaban J connectivity index is 2.13. The van der Waals surface area contributed by atoms with E-state index in [2.05, 4.69) is 43.4 Å². The Kier molecular flexibility index (Phi) is 5.24. The molecule has 2 aromatic rings. The molecule has 1 N–H and O–H groups in total. The van der Waals surface area contributed by atoms with Crippen LogP contribution < -0.4 is 5.32 Å². The van der Waals surface area contributed by atoms with Crippen LogP contribution in [0, 0.1) is 19.3 Å². The molecule has 0 fully saturated rings. The van der Waals surface area contributed by atoms with Crippen LogP contribution in [0.25, 0.3) is 0 Å². The molecule has 1 heterocycles. The molecule has 0 aliphatic heterocycles. The van der Waals surface area contributed by atoms with Crippen molar-refractivity contribution in [2.24, 2.45) is 5.41 Å². The minimum atomic E-state index is -0.00231. The average Bonchev–Trinajstić information content (AvgIpc) is 2.78. The van der Waals surface area contributed by atoms with Crippen molar-refractivity contribution in [2.45, 2.75) is 53.5 Å². The topological polar surface area (TPSA) is 55.1 Å². The summed E-state index contributed by atoms with van der Waals surface area (Å²) in [5.41, 5.74) is 2.92. The summed E-state index contributed by atoms with van der Waals surface area (Å²) in [5.74, 6) is 0.710. The number of hydrogen-bond donors (Lipinski definition) is 1. The quantitative estimate of drug-likeness (QED) is 0.903. The lowest BCUT2D eigenvalue weighted by atomic mass is 9.85. The van der Waals surface area contributed by atoms with Crippen LogP contribution in [0.5, 0.6) is 0 Å². The van der Waals surface area contributed by atoms with E-state index in [9.17, 15) is 4.79 Å². The smallest absolute Gasteiger partial charge is 0.225 e. The van der Waals surface area contributed by atoms with Gasteiger partial charge in [-0.05, 0) is 31.2 Å². The molecule has 0 aliphatic rings. The lowest BCUT2D eigenvalue weighted by Gasteiger charge is -2.27. The molecule has 1 aromatic carbocycles. The van der Waals surface area contributed by atoms with E-state index in [0.717, 1.165) is 23.2 Å². The Labute approximate surface area is 138 Å². The fraction of sp³-hybridized carbons (Fsp3) is 0.474. The Hall–Kier alpha value is -2.10. The first-order valence-electron chi connectivity index (χ1n) is 8.02. The second kappa shape index (κ2) is 6.99. The van der Waals surface area contributed by atoms with Crippen molar-refractivity contribution in [3.63, 3.8) is 0 Å². The van der Waals surface area contributed by atoms with Crippen LogP contribution in [0.15, 0.2) is 34.9 Å². The van der Waals surface area contributed by atoms with Gasteiger partial charge in [-0.15, -0.1) is 0 Å². The van der Waals surface area contributed by atoms with Gasteiger partial charge in [-0.25, -0.2) is 0 Å². The molecule has 1 unspecified atom stereocenters. The van der Waals surface area contributed by atoms with Gasteiger partial charge in [0.25, 0.3) is 0 Å². The Morgan fingerprint density at radius 2 is 1.87 bits per heavy atom. The minimum absolute atomic E-state index is 0.00231. The molecule has 0 spiro atoms. The number of aryl methyl sites for hydroxylation is 2. The van der Waals surface area contributed by atoms with Crippen LogP contribution in [0.3, 0.4) is 0 Å². The van der Waals surface area contributed by atoms with Crippen molar-refractivity contribution in [2.75, 3.05) is 0 Å². The molecule has 1 atom stereocenters. The monoisotopic (exact) mass is 314 g/mol. The second-order valence-corrected chi connectivity index (χ2v) is 7.28. The van der Waals surface area contributed by atoms with Gasteiger partial charge < -0.3 is 9.84 Å². The van der Waals surface area contributed by atoms with Crippen LogP contribution in [-0.4, -0.2) is 11.1 Å². The number of nitrogens with zero attached hydrogens (tertiary/aromatic N) is 1. The van der Waals surface area contributed by atoms with E-state index in [1.54, 1.807) is 0 Å². The first-order valence-corrected chi connectivity index (χ1v) is 8.02. The Morgan fingerprint density at radius 1 is 1.22 bits per heavy atom. The molecule has 0 bridgehead atoms. The summed E-state index contributed by atoms with van der Waals surface area (Å²) in [4.78, 5) is 12.5. The Bertz CT molecular complexity index is 634. The Morgan fingerprint density at radius 3 is 2.39 bits per heavy atom. The lowest BCUT2D eigenvalue weighted by molar-refractivity contribution is -0.121. The summed E-state index contributed by atoms with van der Waals surface area (Å²) in [5, 5.41) is 7.09. The molecule has 0 saturated heterocycles. The maximum atomic E-state index is 12.5. The fourth-order valence-corrected chi connectivity index (χ4v) is 2.71. The van der Waals surface area contributed by atoms with Crippen molar-refractivity contribution in [3.8, 4) is 0 Å². The highest BCUT2D eigenvalue weighted by atomic mass is 16.5. The molecule has 0 radical (unpaired) electrons. The summed E-state index contributed by atoms with van der Waals surface area (Å²) in [6, 6.07) is 10.1. The maximum absolute atomic E-state index is 12.5. The molecular formula is C19H26N2O2. The van der Waals surface area contributed by atoms with Gasteiger partial charge >= 0.3 is 0 Å². The van der Waals surface area contributed by atoms with Gasteiger partial charge in [-0.2, -0.15) is 0 Å². The standard InChI is InChI=1S/C19H26N2O2/c1-13-16(14(2)23-21-13)11-18(22)20-17(12-19(3,4)5)15-9-7-6-8-10-15/h6-10,17H,11-12H2,1-5H3,(H,20,22). The van der Waals surface area contributed by atoms with Gasteiger partial charge in [0.2, 0.25) is 5.91 Å². The van der Waals surface area contributed by atoms with Crippen molar-refractivity contribution in [1.82, 2.24) is 10.5 Å². The number of rotatable bonds is 5. The van der Waals surface area contributed by atoms with E-state index in [1.807, 2.05) is 32.0 Å². The number of hydrogen-bond acceptors (Lipinski definition) is 3. The third kappa shape index (κ3) is 4.95. The van der Waals surface area contributed by atoms with Crippen LogP contribution in [0.4, 0.5) is 0 Å². The van der Waals surface area contributed by atoms with Gasteiger partial charge in [-0.1, -0.05) is 56.3 Å². The zero-order chi connectivity index (χ0) is 17.0. The second-order valence-electron chi connectivity index (χ2n) is 7.28. The minimum Gasteiger partial charge on any atom is -0.361 e.